The number of fused-ring (bicyclic) bond motifs is 1. The molecule has 7 nitrogen and oxygen atoms in total. The molecule has 32 heavy (non-hydrogen) atoms. The molecule has 1 amide bonds. The zero-order valence-electron chi connectivity index (χ0n) is 16.8. The van der Waals surface area contributed by atoms with Gasteiger partial charge in [0.05, 0.1) is 6.54 Å². The molecule has 0 aliphatic carbocycles. The van der Waals surface area contributed by atoms with Crippen LogP contribution in [-0.4, -0.2) is 30.9 Å². The molecule has 0 fully saturated rings. The number of hydrogen-bond donors (Lipinski definition) is 1. The van der Waals surface area contributed by atoms with Crippen molar-refractivity contribution in [2.24, 2.45) is 0 Å². The van der Waals surface area contributed by atoms with Crippen molar-refractivity contribution in [3.05, 3.63) is 102 Å². The highest BCUT2D eigenvalue weighted by Crippen LogP contribution is 2.24. The Kier molecular flexibility index (Phi) is 5.09. The van der Waals surface area contributed by atoms with Crippen molar-refractivity contribution >= 4 is 22.9 Å². The normalized spacial score (nSPS) is 10.9. The first-order chi connectivity index (χ1) is 15.7. The van der Waals surface area contributed by atoms with Gasteiger partial charge >= 0.3 is 0 Å². The van der Waals surface area contributed by atoms with E-state index >= 15 is 0 Å². The van der Waals surface area contributed by atoms with Gasteiger partial charge < -0.3 is 5.32 Å². The number of anilines is 1. The van der Waals surface area contributed by atoms with E-state index in [9.17, 15) is 9.18 Å². The Labute approximate surface area is 182 Å². The minimum atomic E-state index is -0.499. The van der Waals surface area contributed by atoms with E-state index in [1.54, 1.807) is 4.68 Å². The summed E-state index contributed by atoms with van der Waals surface area (Å²) in [4.78, 5) is 22.0. The van der Waals surface area contributed by atoms with E-state index in [-0.39, 0.29) is 11.4 Å². The average molecular weight is 424 g/mol. The summed E-state index contributed by atoms with van der Waals surface area (Å²) in [6, 6.07) is 24.7. The Balaban J connectivity index is 1.60. The predicted molar refractivity (Wildman–Crippen MR) is 118 cm³/mol. The zero-order chi connectivity index (χ0) is 21.9. The standard InChI is InChI=1S/C24H17FN6O/c25-19-13-7-12-18(14-19)24(32)28-22-20-23(27-21(26-22)17-10-5-2-6-11-17)31(30-29-20)15-16-8-3-1-4-9-16/h1-14H,15H2,(H,26,27,28,32). The lowest BCUT2D eigenvalue weighted by atomic mass is 10.2. The first kappa shape index (κ1) is 19.5. The Hall–Kier alpha value is -4.46. The number of hydrogen-bond acceptors (Lipinski definition) is 5. The highest BCUT2D eigenvalue weighted by Gasteiger charge is 2.18. The molecule has 0 atom stereocenters. The number of carbonyl (C=O) groups is 1. The van der Waals surface area contributed by atoms with Gasteiger partial charge in [-0.25, -0.2) is 19.0 Å². The zero-order valence-corrected chi connectivity index (χ0v) is 16.8. The fraction of sp³-hybridized carbons (Fsp3) is 0.0417. The van der Waals surface area contributed by atoms with Crippen LogP contribution in [0.3, 0.4) is 0 Å². The Morgan fingerprint density at radius 2 is 1.66 bits per heavy atom. The van der Waals surface area contributed by atoms with Crippen molar-refractivity contribution < 1.29 is 9.18 Å². The molecular formula is C24H17FN6O. The van der Waals surface area contributed by atoms with E-state index in [2.05, 4.69) is 25.6 Å². The molecule has 0 saturated carbocycles. The van der Waals surface area contributed by atoms with Gasteiger partial charge in [0.25, 0.3) is 5.91 Å². The molecule has 5 rings (SSSR count). The molecule has 3 aromatic carbocycles. The molecule has 8 heteroatoms. The SMILES string of the molecule is O=C(Nc1nc(-c2ccccc2)nc2c1nnn2Cc1ccccc1)c1cccc(F)c1. The van der Waals surface area contributed by atoms with Crippen LogP contribution in [0.25, 0.3) is 22.6 Å². The van der Waals surface area contributed by atoms with Gasteiger partial charge in [-0.3, -0.25) is 4.79 Å². The number of rotatable bonds is 5. The summed E-state index contributed by atoms with van der Waals surface area (Å²) in [5.41, 5.74) is 2.82. The van der Waals surface area contributed by atoms with Gasteiger partial charge in [-0.1, -0.05) is 71.9 Å². The van der Waals surface area contributed by atoms with Crippen LogP contribution in [0.2, 0.25) is 0 Å². The Morgan fingerprint density at radius 1 is 0.906 bits per heavy atom. The van der Waals surface area contributed by atoms with E-state index in [4.69, 9.17) is 0 Å². The summed E-state index contributed by atoms with van der Waals surface area (Å²) in [7, 11) is 0. The summed E-state index contributed by atoms with van der Waals surface area (Å²) in [5, 5.41) is 11.2. The monoisotopic (exact) mass is 424 g/mol. The second-order valence-corrected chi connectivity index (χ2v) is 7.13. The minimum Gasteiger partial charge on any atom is -0.304 e. The molecule has 2 aromatic heterocycles. The first-order valence-corrected chi connectivity index (χ1v) is 9.95. The van der Waals surface area contributed by atoms with E-state index in [0.29, 0.717) is 23.5 Å². The third-order valence-corrected chi connectivity index (χ3v) is 4.89. The number of halogens is 1. The topological polar surface area (TPSA) is 85.6 Å². The molecule has 0 aliphatic rings. The van der Waals surface area contributed by atoms with Crippen molar-refractivity contribution in [3.63, 3.8) is 0 Å². The predicted octanol–water partition coefficient (Wildman–Crippen LogP) is 4.33. The van der Waals surface area contributed by atoms with Crippen LogP contribution in [0.5, 0.6) is 0 Å². The summed E-state index contributed by atoms with van der Waals surface area (Å²) in [6.07, 6.45) is 0. The smallest absolute Gasteiger partial charge is 0.256 e. The maximum absolute atomic E-state index is 13.6. The van der Waals surface area contributed by atoms with Gasteiger partial charge in [-0.2, -0.15) is 0 Å². The van der Waals surface area contributed by atoms with Crippen LogP contribution in [-0.2, 0) is 6.54 Å². The number of benzene rings is 3. The molecule has 0 aliphatic heterocycles. The molecule has 1 N–H and O–H groups in total. The van der Waals surface area contributed by atoms with Gasteiger partial charge in [-0.05, 0) is 23.8 Å². The molecule has 0 unspecified atom stereocenters. The Morgan fingerprint density at radius 3 is 2.41 bits per heavy atom. The van der Waals surface area contributed by atoms with Crippen LogP contribution in [0.4, 0.5) is 10.2 Å². The molecule has 0 bridgehead atoms. The molecule has 0 radical (unpaired) electrons. The van der Waals surface area contributed by atoms with Crippen molar-refractivity contribution in [2.75, 3.05) is 5.32 Å². The van der Waals surface area contributed by atoms with Crippen molar-refractivity contribution in [1.82, 2.24) is 25.0 Å². The molecule has 0 saturated heterocycles. The van der Waals surface area contributed by atoms with E-state index < -0.39 is 11.7 Å². The maximum Gasteiger partial charge on any atom is 0.256 e. The second kappa shape index (κ2) is 8.35. The van der Waals surface area contributed by atoms with Crippen LogP contribution in [0.1, 0.15) is 15.9 Å². The molecule has 2 heterocycles. The molecule has 156 valence electrons. The van der Waals surface area contributed by atoms with Crippen molar-refractivity contribution in [3.8, 4) is 11.4 Å². The van der Waals surface area contributed by atoms with Crippen LogP contribution >= 0.6 is 0 Å². The lowest BCUT2D eigenvalue weighted by molar-refractivity contribution is 0.102. The molecular weight excluding hydrogens is 407 g/mol. The minimum absolute atomic E-state index is 0.176. The molecule has 5 aromatic rings. The van der Waals surface area contributed by atoms with E-state index in [1.807, 2.05) is 60.7 Å². The second-order valence-electron chi connectivity index (χ2n) is 7.13. The van der Waals surface area contributed by atoms with Crippen LogP contribution in [0, 0.1) is 5.82 Å². The summed E-state index contributed by atoms with van der Waals surface area (Å²) >= 11 is 0. The highest BCUT2D eigenvalue weighted by molar-refractivity contribution is 6.06. The average Bonchev–Trinajstić information content (AvgIpc) is 3.23. The third-order valence-electron chi connectivity index (χ3n) is 4.89. The van der Waals surface area contributed by atoms with Crippen LogP contribution in [0.15, 0.2) is 84.9 Å². The fourth-order valence-corrected chi connectivity index (χ4v) is 3.33. The van der Waals surface area contributed by atoms with Gasteiger partial charge in [-0.15, -0.1) is 5.10 Å². The number of carbonyl (C=O) groups excluding carboxylic acids is 1. The van der Waals surface area contributed by atoms with Crippen molar-refractivity contribution in [1.29, 1.82) is 0 Å². The maximum atomic E-state index is 13.6. The molecule has 0 spiro atoms. The fourth-order valence-electron chi connectivity index (χ4n) is 3.33. The Bertz CT molecular complexity index is 1400. The largest absolute Gasteiger partial charge is 0.304 e. The first-order valence-electron chi connectivity index (χ1n) is 9.95. The van der Waals surface area contributed by atoms with Gasteiger partial charge in [0, 0.05) is 11.1 Å². The van der Waals surface area contributed by atoms with Gasteiger partial charge in [0.15, 0.2) is 22.8 Å². The lowest BCUT2D eigenvalue weighted by Gasteiger charge is -2.09. The number of amides is 1. The quantitative estimate of drug-likeness (QED) is 0.454. The number of aromatic nitrogens is 5. The highest BCUT2D eigenvalue weighted by atomic mass is 19.1. The van der Waals surface area contributed by atoms with Crippen LogP contribution < -0.4 is 5.32 Å². The summed E-state index contributed by atoms with van der Waals surface area (Å²) in [5.74, 6) is -0.364. The van der Waals surface area contributed by atoms with Gasteiger partial charge in [0.1, 0.15) is 5.82 Å². The number of nitrogens with one attached hydrogen (secondary N) is 1. The van der Waals surface area contributed by atoms with Crippen molar-refractivity contribution in [2.45, 2.75) is 6.54 Å². The van der Waals surface area contributed by atoms with E-state index in [1.165, 1.54) is 18.2 Å². The number of nitrogens with zero attached hydrogens (tertiary/aromatic N) is 5. The summed E-state index contributed by atoms with van der Waals surface area (Å²) < 4.78 is 15.2. The van der Waals surface area contributed by atoms with E-state index in [0.717, 1.165) is 17.2 Å². The summed E-state index contributed by atoms with van der Waals surface area (Å²) in [6.45, 7) is 0.458. The third kappa shape index (κ3) is 3.93. The lowest BCUT2D eigenvalue weighted by Crippen LogP contribution is -2.14. The van der Waals surface area contributed by atoms with Gasteiger partial charge in [0.2, 0.25) is 0 Å².